The number of nitrogens with zero attached hydrogens (tertiary/aromatic N) is 5. The van der Waals surface area contributed by atoms with Gasteiger partial charge in [-0.05, 0) is 31.2 Å². The number of ether oxygens (including phenoxy) is 2. The molecule has 0 saturated carbocycles. The van der Waals surface area contributed by atoms with E-state index in [1.807, 2.05) is 55.6 Å². The molecule has 4 rings (SSSR count). The Balaban J connectivity index is 1.27. The monoisotopic (exact) mass is 439 g/mol. The van der Waals surface area contributed by atoms with Gasteiger partial charge in [-0.1, -0.05) is 18.2 Å². The van der Waals surface area contributed by atoms with Crippen molar-refractivity contribution in [2.75, 3.05) is 52.5 Å². The number of para-hydroxylation sites is 1. The lowest BCUT2D eigenvalue weighted by Gasteiger charge is -2.35. The Kier molecular flexibility index (Phi) is 8.06. The van der Waals surface area contributed by atoms with Gasteiger partial charge in [0.2, 0.25) is 0 Å². The first-order chi connectivity index (χ1) is 15.7. The van der Waals surface area contributed by atoms with Gasteiger partial charge in [-0.25, -0.2) is 9.97 Å². The number of aliphatic hydroxyl groups is 1. The minimum absolute atomic E-state index is 0.307. The Bertz CT molecular complexity index is 957. The van der Waals surface area contributed by atoms with Gasteiger partial charge in [0, 0.05) is 52.1 Å². The normalized spacial score (nSPS) is 16.4. The van der Waals surface area contributed by atoms with E-state index in [0.717, 1.165) is 62.0 Å². The van der Waals surface area contributed by atoms with Crippen molar-refractivity contribution in [1.29, 1.82) is 0 Å². The van der Waals surface area contributed by atoms with Crippen molar-refractivity contribution in [3.63, 3.8) is 0 Å². The molecule has 1 fully saturated rings. The molecular weight excluding hydrogens is 406 g/mol. The minimum Gasteiger partial charge on any atom is -0.491 e. The van der Waals surface area contributed by atoms with E-state index in [1.54, 1.807) is 0 Å². The summed E-state index contributed by atoms with van der Waals surface area (Å²) in [6.07, 6.45) is 1.31. The van der Waals surface area contributed by atoms with Gasteiger partial charge in [0.25, 0.3) is 0 Å². The molecule has 1 aliphatic heterocycles. The van der Waals surface area contributed by atoms with Gasteiger partial charge in [-0.3, -0.25) is 9.80 Å². The van der Waals surface area contributed by atoms with Crippen molar-refractivity contribution >= 4 is 11.2 Å². The maximum atomic E-state index is 10.4. The Morgan fingerprint density at radius 1 is 1.03 bits per heavy atom. The first kappa shape index (κ1) is 22.7. The summed E-state index contributed by atoms with van der Waals surface area (Å²) in [5.74, 6) is 1.82. The average Bonchev–Trinajstić information content (AvgIpc) is 3.17. The van der Waals surface area contributed by atoms with Crippen LogP contribution in [0.2, 0.25) is 0 Å². The lowest BCUT2D eigenvalue weighted by Crippen LogP contribution is -2.49. The quantitative estimate of drug-likeness (QED) is 0.458. The summed E-state index contributed by atoms with van der Waals surface area (Å²) < 4.78 is 13.4. The second-order valence-electron chi connectivity index (χ2n) is 8.08. The summed E-state index contributed by atoms with van der Waals surface area (Å²) in [6.45, 7) is 9.55. The summed E-state index contributed by atoms with van der Waals surface area (Å²) in [5, 5.41) is 10.4. The summed E-state index contributed by atoms with van der Waals surface area (Å²) >= 11 is 0. The zero-order valence-corrected chi connectivity index (χ0v) is 18.8. The molecule has 1 aliphatic rings. The zero-order chi connectivity index (χ0) is 22.2. The predicted octanol–water partition coefficient (Wildman–Crippen LogP) is 2.03. The highest BCUT2D eigenvalue weighted by molar-refractivity contribution is 5.71. The number of pyridine rings is 1. The largest absolute Gasteiger partial charge is 0.491 e. The molecule has 0 aliphatic carbocycles. The van der Waals surface area contributed by atoms with Gasteiger partial charge >= 0.3 is 0 Å². The molecule has 1 atom stereocenters. The van der Waals surface area contributed by atoms with Crippen molar-refractivity contribution in [2.24, 2.45) is 0 Å². The Hall–Kier alpha value is -2.52. The number of fused-ring (bicyclic) bond motifs is 1. The number of hydrogen-bond donors (Lipinski definition) is 1. The minimum atomic E-state index is -0.504. The lowest BCUT2D eigenvalue weighted by molar-refractivity contribution is 0.0438. The number of rotatable bonds is 11. The van der Waals surface area contributed by atoms with Gasteiger partial charge in [-0.15, -0.1) is 0 Å². The molecule has 32 heavy (non-hydrogen) atoms. The van der Waals surface area contributed by atoms with Crippen molar-refractivity contribution in [3.05, 3.63) is 54.5 Å². The highest BCUT2D eigenvalue weighted by Crippen LogP contribution is 2.16. The van der Waals surface area contributed by atoms with Crippen LogP contribution in [-0.4, -0.2) is 88.1 Å². The fourth-order valence-electron chi connectivity index (χ4n) is 4.05. The van der Waals surface area contributed by atoms with Crippen molar-refractivity contribution < 1.29 is 14.6 Å². The van der Waals surface area contributed by atoms with Crippen molar-refractivity contribution in [1.82, 2.24) is 24.3 Å². The van der Waals surface area contributed by atoms with E-state index in [4.69, 9.17) is 14.5 Å². The van der Waals surface area contributed by atoms with Crippen LogP contribution in [0, 0.1) is 0 Å². The molecule has 172 valence electrons. The molecule has 0 spiro atoms. The maximum Gasteiger partial charge on any atom is 0.160 e. The van der Waals surface area contributed by atoms with E-state index in [0.29, 0.717) is 26.4 Å². The fourth-order valence-corrected chi connectivity index (χ4v) is 4.05. The highest BCUT2D eigenvalue weighted by atomic mass is 16.5. The lowest BCUT2D eigenvalue weighted by atomic mass is 10.2. The molecule has 3 heterocycles. The van der Waals surface area contributed by atoms with Gasteiger partial charge < -0.3 is 19.1 Å². The third-order valence-electron chi connectivity index (χ3n) is 5.73. The number of β-amino-alcohol motifs (C(OH)–C–C–N with tert-alkyl or cyclic N) is 1. The number of piperazine rings is 1. The summed E-state index contributed by atoms with van der Waals surface area (Å²) in [5.41, 5.74) is 1.85. The van der Waals surface area contributed by atoms with Crippen LogP contribution in [0.4, 0.5) is 0 Å². The topological polar surface area (TPSA) is 75.9 Å². The van der Waals surface area contributed by atoms with Gasteiger partial charge in [0.1, 0.15) is 29.8 Å². The first-order valence-electron chi connectivity index (χ1n) is 11.4. The number of aliphatic hydroxyl groups excluding tert-OH is 1. The summed E-state index contributed by atoms with van der Waals surface area (Å²) in [4.78, 5) is 14.1. The molecule has 3 aromatic rings. The Morgan fingerprint density at radius 2 is 1.81 bits per heavy atom. The molecule has 0 radical (unpaired) electrons. The standard InChI is InChI=1S/C24H33N5O3/c1-2-31-16-15-29-23(26-22-9-6-10-25-24(22)29)18-28-13-11-27(12-14-28)17-20(30)19-32-21-7-4-3-5-8-21/h3-10,20,30H,2,11-19H2,1H3. The zero-order valence-electron chi connectivity index (χ0n) is 18.8. The third-order valence-corrected chi connectivity index (χ3v) is 5.73. The second kappa shape index (κ2) is 11.4. The van der Waals surface area contributed by atoms with Crippen LogP contribution in [0.25, 0.3) is 11.2 Å². The van der Waals surface area contributed by atoms with Gasteiger partial charge in [0.05, 0.1) is 13.2 Å². The molecule has 8 heteroatoms. The van der Waals surface area contributed by atoms with E-state index >= 15 is 0 Å². The Labute approximate surface area is 189 Å². The molecule has 0 amide bonds. The van der Waals surface area contributed by atoms with E-state index < -0.39 is 6.10 Å². The molecule has 8 nitrogen and oxygen atoms in total. The summed E-state index contributed by atoms with van der Waals surface area (Å²) in [7, 11) is 0. The van der Waals surface area contributed by atoms with E-state index in [-0.39, 0.29) is 0 Å². The van der Waals surface area contributed by atoms with Crippen LogP contribution in [0.3, 0.4) is 0 Å². The van der Waals surface area contributed by atoms with Crippen LogP contribution in [0.5, 0.6) is 5.75 Å². The molecule has 0 bridgehead atoms. The van der Waals surface area contributed by atoms with Gasteiger partial charge in [0.15, 0.2) is 5.65 Å². The average molecular weight is 440 g/mol. The third kappa shape index (κ3) is 6.04. The number of imidazole rings is 1. The predicted molar refractivity (Wildman–Crippen MR) is 124 cm³/mol. The highest BCUT2D eigenvalue weighted by Gasteiger charge is 2.22. The van der Waals surface area contributed by atoms with Crippen LogP contribution in [-0.2, 0) is 17.8 Å². The summed E-state index contributed by atoms with van der Waals surface area (Å²) in [6, 6.07) is 13.6. The molecular formula is C24H33N5O3. The SMILES string of the molecule is CCOCCn1c(CN2CCN(CC(O)COc3ccccc3)CC2)nc2cccnc21. The second-order valence-corrected chi connectivity index (χ2v) is 8.08. The van der Waals surface area contributed by atoms with Crippen LogP contribution >= 0.6 is 0 Å². The van der Waals surface area contributed by atoms with E-state index in [2.05, 4.69) is 19.4 Å². The maximum absolute atomic E-state index is 10.4. The molecule has 1 unspecified atom stereocenters. The Morgan fingerprint density at radius 3 is 2.59 bits per heavy atom. The number of benzene rings is 1. The van der Waals surface area contributed by atoms with Gasteiger partial charge in [-0.2, -0.15) is 0 Å². The van der Waals surface area contributed by atoms with Crippen LogP contribution in [0.15, 0.2) is 48.7 Å². The van der Waals surface area contributed by atoms with Crippen LogP contribution < -0.4 is 4.74 Å². The smallest absolute Gasteiger partial charge is 0.160 e. The van der Waals surface area contributed by atoms with Crippen molar-refractivity contribution in [2.45, 2.75) is 26.1 Å². The molecule has 1 saturated heterocycles. The fraction of sp³-hybridized carbons (Fsp3) is 0.500. The van der Waals surface area contributed by atoms with E-state index in [1.165, 1.54) is 0 Å². The van der Waals surface area contributed by atoms with E-state index in [9.17, 15) is 5.11 Å². The molecule has 1 N–H and O–H groups in total. The molecule has 2 aromatic heterocycles. The molecule has 1 aromatic carbocycles. The van der Waals surface area contributed by atoms with Crippen LogP contribution in [0.1, 0.15) is 12.7 Å². The number of hydrogen-bond acceptors (Lipinski definition) is 7. The first-order valence-corrected chi connectivity index (χ1v) is 11.4. The number of aromatic nitrogens is 3. The van der Waals surface area contributed by atoms with Crippen molar-refractivity contribution in [3.8, 4) is 5.75 Å².